The quantitative estimate of drug-likeness (QED) is 0.651. The first kappa shape index (κ1) is 12.7. The van der Waals surface area contributed by atoms with Gasteiger partial charge in [-0.2, -0.15) is 0 Å². The van der Waals surface area contributed by atoms with Crippen LogP contribution in [0.4, 0.5) is 0 Å². The summed E-state index contributed by atoms with van der Waals surface area (Å²) in [5.74, 6) is 1.12. The molecule has 0 aromatic carbocycles. The monoisotopic (exact) mass is 184 g/mol. The Hall–Kier alpha value is -0.330. The van der Waals surface area contributed by atoms with E-state index in [2.05, 4.69) is 34.6 Å². The van der Waals surface area contributed by atoms with Crippen LogP contribution in [0.2, 0.25) is 0 Å². The Morgan fingerprint density at radius 2 is 1.62 bits per heavy atom. The van der Waals surface area contributed by atoms with Crippen LogP contribution in [0.15, 0.2) is 0 Å². The second-order valence-corrected chi connectivity index (χ2v) is 5.56. The molecule has 1 heteroatoms. The van der Waals surface area contributed by atoms with Crippen molar-refractivity contribution in [2.75, 3.05) is 0 Å². The maximum Gasteiger partial charge on any atom is 0.135 e. The van der Waals surface area contributed by atoms with Crippen LogP contribution in [-0.2, 0) is 4.79 Å². The van der Waals surface area contributed by atoms with E-state index in [1.165, 1.54) is 0 Å². The van der Waals surface area contributed by atoms with Crippen molar-refractivity contribution >= 4 is 5.78 Å². The fourth-order valence-corrected chi connectivity index (χ4v) is 1.10. The second-order valence-electron chi connectivity index (χ2n) is 5.56. The van der Waals surface area contributed by atoms with Crippen molar-refractivity contribution in [2.45, 2.75) is 54.4 Å². The lowest BCUT2D eigenvalue weighted by Crippen LogP contribution is -2.18. The number of ketones is 1. The van der Waals surface area contributed by atoms with E-state index in [0.717, 1.165) is 12.8 Å². The molecule has 0 aliphatic carbocycles. The maximum atomic E-state index is 11.6. The van der Waals surface area contributed by atoms with Crippen LogP contribution in [0, 0.1) is 17.3 Å². The molecule has 78 valence electrons. The molecule has 0 saturated carbocycles. The van der Waals surface area contributed by atoms with Gasteiger partial charge in [0.2, 0.25) is 0 Å². The van der Waals surface area contributed by atoms with Crippen molar-refractivity contribution in [3.8, 4) is 0 Å². The Balaban J connectivity index is 3.89. The lowest BCUT2D eigenvalue weighted by molar-refractivity contribution is -0.124. The molecule has 0 radical (unpaired) electrons. The molecule has 0 bridgehead atoms. The lowest BCUT2D eigenvalue weighted by Gasteiger charge is -2.20. The zero-order chi connectivity index (χ0) is 10.6. The minimum Gasteiger partial charge on any atom is -0.299 e. The summed E-state index contributed by atoms with van der Waals surface area (Å²) < 4.78 is 0. The molecule has 0 aromatic rings. The SMILES string of the molecule is CC(C)C(C)C(=O)CCC(C)(C)C. The fraction of sp³-hybridized carbons (Fsp3) is 0.917. The molecular weight excluding hydrogens is 160 g/mol. The molecule has 1 atom stereocenters. The maximum absolute atomic E-state index is 11.6. The van der Waals surface area contributed by atoms with Gasteiger partial charge in [0, 0.05) is 12.3 Å². The van der Waals surface area contributed by atoms with E-state index in [-0.39, 0.29) is 11.3 Å². The summed E-state index contributed by atoms with van der Waals surface area (Å²) in [5.41, 5.74) is 0.284. The summed E-state index contributed by atoms with van der Waals surface area (Å²) in [7, 11) is 0. The van der Waals surface area contributed by atoms with E-state index in [1.807, 2.05) is 6.92 Å². The van der Waals surface area contributed by atoms with Gasteiger partial charge in [-0.05, 0) is 17.8 Å². The highest BCUT2D eigenvalue weighted by molar-refractivity contribution is 5.80. The van der Waals surface area contributed by atoms with Gasteiger partial charge in [-0.3, -0.25) is 4.79 Å². The third-order valence-corrected chi connectivity index (χ3v) is 2.63. The van der Waals surface area contributed by atoms with Crippen LogP contribution in [0.25, 0.3) is 0 Å². The summed E-state index contributed by atoms with van der Waals surface area (Å²) in [6, 6.07) is 0. The number of hydrogen-bond acceptors (Lipinski definition) is 1. The van der Waals surface area contributed by atoms with Gasteiger partial charge in [0.05, 0.1) is 0 Å². The predicted molar refractivity (Wildman–Crippen MR) is 57.7 cm³/mol. The minimum absolute atomic E-state index is 0.224. The molecule has 0 spiro atoms. The van der Waals surface area contributed by atoms with Crippen LogP contribution >= 0.6 is 0 Å². The molecule has 0 aromatic heterocycles. The number of rotatable bonds is 4. The van der Waals surface area contributed by atoms with Gasteiger partial charge in [-0.25, -0.2) is 0 Å². The molecule has 0 heterocycles. The highest BCUT2D eigenvalue weighted by atomic mass is 16.1. The smallest absolute Gasteiger partial charge is 0.135 e. The molecule has 0 N–H and O–H groups in total. The first-order chi connectivity index (χ1) is 5.74. The van der Waals surface area contributed by atoms with Crippen molar-refractivity contribution in [3.05, 3.63) is 0 Å². The van der Waals surface area contributed by atoms with Crippen molar-refractivity contribution in [2.24, 2.45) is 17.3 Å². The molecule has 1 unspecified atom stereocenters. The summed E-state index contributed by atoms with van der Waals surface area (Å²) >= 11 is 0. The van der Waals surface area contributed by atoms with Crippen LogP contribution in [0.3, 0.4) is 0 Å². The lowest BCUT2D eigenvalue weighted by atomic mass is 9.85. The van der Waals surface area contributed by atoms with Gasteiger partial charge in [0.1, 0.15) is 5.78 Å². The summed E-state index contributed by atoms with van der Waals surface area (Å²) in [4.78, 5) is 11.6. The Morgan fingerprint density at radius 3 is 1.92 bits per heavy atom. The zero-order valence-electron chi connectivity index (χ0n) is 9.98. The molecule has 1 nitrogen and oxygen atoms in total. The molecule has 0 aliphatic rings. The number of carbonyl (C=O) groups is 1. The summed E-state index contributed by atoms with van der Waals surface area (Å²) in [5, 5.41) is 0. The Kier molecular flexibility index (Phi) is 4.66. The van der Waals surface area contributed by atoms with Crippen LogP contribution in [0.1, 0.15) is 54.4 Å². The molecule has 0 amide bonds. The normalized spacial score (nSPS) is 14.7. The molecule has 13 heavy (non-hydrogen) atoms. The topological polar surface area (TPSA) is 17.1 Å². The Morgan fingerprint density at radius 1 is 1.15 bits per heavy atom. The van der Waals surface area contributed by atoms with E-state index in [1.54, 1.807) is 0 Å². The van der Waals surface area contributed by atoms with Gasteiger partial charge in [-0.15, -0.1) is 0 Å². The van der Waals surface area contributed by atoms with E-state index < -0.39 is 0 Å². The van der Waals surface area contributed by atoms with Crippen LogP contribution in [-0.4, -0.2) is 5.78 Å². The number of carbonyl (C=O) groups excluding carboxylic acids is 1. The molecule has 0 fully saturated rings. The first-order valence-electron chi connectivity index (χ1n) is 5.27. The number of Topliss-reactive ketones (excluding diaryl/α,β-unsaturated/α-hetero) is 1. The molecule has 0 saturated heterocycles. The van der Waals surface area contributed by atoms with Gasteiger partial charge < -0.3 is 0 Å². The third-order valence-electron chi connectivity index (χ3n) is 2.63. The number of hydrogen-bond donors (Lipinski definition) is 0. The molecular formula is C12H24O. The standard InChI is InChI=1S/C12H24O/c1-9(2)10(3)11(13)7-8-12(4,5)6/h9-10H,7-8H2,1-6H3. The van der Waals surface area contributed by atoms with Crippen LogP contribution < -0.4 is 0 Å². The molecule has 0 rings (SSSR count). The largest absolute Gasteiger partial charge is 0.299 e. The van der Waals surface area contributed by atoms with Gasteiger partial charge in [0.25, 0.3) is 0 Å². The first-order valence-corrected chi connectivity index (χ1v) is 5.27. The summed E-state index contributed by atoms with van der Waals surface area (Å²) in [6.07, 6.45) is 1.74. The molecule has 0 aliphatic heterocycles. The Bertz CT molecular complexity index is 162. The predicted octanol–water partition coefficient (Wildman–Crippen LogP) is 3.67. The average molecular weight is 184 g/mol. The van der Waals surface area contributed by atoms with Gasteiger partial charge in [-0.1, -0.05) is 41.5 Å². The average Bonchev–Trinajstić information content (AvgIpc) is 1.97. The minimum atomic E-state index is 0.224. The zero-order valence-corrected chi connectivity index (χ0v) is 9.98. The van der Waals surface area contributed by atoms with Gasteiger partial charge >= 0.3 is 0 Å². The van der Waals surface area contributed by atoms with E-state index >= 15 is 0 Å². The van der Waals surface area contributed by atoms with Gasteiger partial charge in [0.15, 0.2) is 0 Å². The highest BCUT2D eigenvalue weighted by Crippen LogP contribution is 2.23. The van der Waals surface area contributed by atoms with E-state index in [0.29, 0.717) is 11.7 Å². The third kappa shape index (κ3) is 5.84. The van der Waals surface area contributed by atoms with Crippen molar-refractivity contribution in [1.82, 2.24) is 0 Å². The van der Waals surface area contributed by atoms with Crippen LogP contribution in [0.5, 0.6) is 0 Å². The van der Waals surface area contributed by atoms with E-state index in [9.17, 15) is 4.79 Å². The van der Waals surface area contributed by atoms with Crippen molar-refractivity contribution < 1.29 is 4.79 Å². The van der Waals surface area contributed by atoms with Crippen molar-refractivity contribution in [1.29, 1.82) is 0 Å². The highest BCUT2D eigenvalue weighted by Gasteiger charge is 2.19. The Labute approximate surface area is 82.9 Å². The van der Waals surface area contributed by atoms with Crippen molar-refractivity contribution in [3.63, 3.8) is 0 Å². The fourth-order valence-electron chi connectivity index (χ4n) is 1.10. The second kappa shape index (κ2) is 4.78. The van der Waals surface area contributed by atoms with E-state index in [4.69, 9.17) is 0 Å². The summed E-state index contributed by atoms with van der Waals surface area (Å²) in [6.45, 7) is 12.8.